The molecule has 23 heavy (non-hydrogen) atoms. The Bertz CT molecular complexity index is 506. The molecule has 0 amide bonds. The molecule has 0 heterocycles. The summed E-state index contributed by atoms with van der Waals surface area (Å²) in [4.78, 5) is 4.19. The van der Waals surface area contributed by atoms with Gasteiger partial charge in [-0.2, -0.15) is 0 Å². The Labute approximate surface area is 138 Å². The summed E-state index contributed by atoms with van der Waals surface area (Å²) in [6.45, 7) is 2.05. The molecular formula is C16H27N3O4. The molecule has 130 valence electrons. The van der Waals surface area contributed by atoms with Gasteiger partial charge in [-0.25, -0.2) is 0 Å². The lowest BCUT2D eigenvalue weighted by atomic mass is 10.1. The van der Waals surface area contributed by atoms with Crippen LogP contribution in [0.5, 0.6) is 17.2 Å². The highest BCUT2D eigenvalue weighted by molar-refractivity contribution is 5.79. The number of nitrogens with one attached hydrogen (secondary N) is 2. The van der Waals surface area contributed by atoms with Crippen LogP contribution in [0.4, 0.5) is 0 Å². The van der Waals surface area contributed by atoms with E-state index < -0.39 is 0 Å². The summed E-state index contributed by atoms with van der Waals surface area (Å²) >= 11 is 0. The van der Waals surface area contributed by atoms with Crippen molar-refractivity contribution in [1.29, 1.82) is 0 Å². The first-order valence-electron chi connectivity index (χ1n) is 7.42. The van der Waals surface area contributed by atoms with Gasteiger partial charge in [0, 0.05) is 45.5 Å². The van der Waals surface area contributed by atoms with E-state index in [0.29, 0.717) is 24.7 Å². The molecule has 0 saturated heterocycles. The molecule has 0 aliphatic rings. The molecule has 7 heteroatoms. The molecule has 0 aliphatic heterocycles. The Hall–Kier alpha value is -2.15. The number of aliphatic imine (C=N–C) groups is 1. The van der Waals surface area contributed by atoms with E-state index in [1.807, 2.05) is 12.1 Å². The minimum absolute atomic E-state index is 0.549. The van der Waals surface area contributed by atoms with Crippen LogP contribution in [0.2, 0.25) is 0 Å². The zero-order valence-corrected chi connectivity index (χ0v) is 14.6. The van der Waals surface area contributed by atoms with Gasteiger partial charge in [-0.1, -0.05) is 0 Å². The SMILES string of the molecule is CN=C(NCCCOC)NCc1cc(OC)c(OC)cc1OC. The second kappa shape index (κ2) is 10.6. The maximum Gasteiger partial charge on any atom is 0.191 e. The summed E-state index contributed by atoms with van der Waals surface area (Å²) in [6.07, 6.45) is 0.914. The van der Waals surface area contributed by atoms with Crippen molar-refractivity contribution in [3.05, 3.63) is 17.7 Å². The predicted molar refractivity (Wildman–Crippen MR) is 90.8 cm³/mol. The highest BCUT2D eigenvalue weighted by Gasteiger charge is 2.12. The molecule has 0 atom stereocenters. The second-order valence-electron chi connectivity index (χ2n) is 4.72. The van der Waals surface area contributed by atoms with Crippen molar-refractivity contribution in [3.63, 3.8) is 0 Å². The molecular weight excluding hydrogens is 298 g/mol. The number of rotatable bonds is 9. The van der Waals surface area contributed by atoms with Crippen molar-refractivity contribution in [1.82, 2.24) is 10.6 Å². The molecule has 2 N–H and O–H groups in total. The normalized spacial score (nSPS) is 11.1. The number of methoxy groups -OCH3 is 4. The van der Waals surface area contributed by atoms with Crippen molar-refractivity contribution in [3.8, 4) is 17.2 Å². The van der Waals surface area contributed by atoms with Gasteiger partial charge >= 0.3 is 0 Å². The molecule has 0 aliphatic carbocycles. The number of guanidine groups is 1. The molecule has 7 nitrogen and oxygen atoms in total. The highest BCUT2D eigenvalue weighted by Crippen LogP contribution is 2.34. The fourth-order valence-corrected chi connectivity index (χ4v) is 2.05. The Morgan fingerprint density at radius 1 is 0.957 bits per heavy atom. The van der Waals surface area contributed by atoms with Gasteiger partial charge in [0.2, 0.25) is 0 Å². The van der Waals surface area contributed by atoms with Crippen molar-refractivity contribution in [2.24, 2.45) is 4.99 Å². The third-order valence-corrected chi connectivity index (χ3v) is 3.27. The molecule has 0 saturated carbocycles. The van der Waals surface area contributed by atoms with Crippen molar-refractivity contribution in [2.45, 2.75) is 13.0 Å². The van der Waals surface area contributed by atoms with Crippen LogP contribution in [0.25, 0.3) is 0 Å². The van der Waals surface area contributed by atoms with Crippen molar-refractivity contribution >= 4 is 5.96 Å². The molecule has 0 bridgehead atoms. The summed E-state index contributed by atoms with van der Waals surface area (Å²) < 4.78 is 21.1. The van der Waals surface area contributed by atoms with Crippen LogP contribution in [0.15, 0.2) is 17.1 Å². The summed E-state index contributed by atoms with van der Waals surface area (Å²) in [7, 11) is 8.26. The van der Waals surface area contributed by atoms with Gasteiger partial charge in [0.15, 0.2) is 17.5 Å². The topological polar surface area (TPSA) is 73.3 Å². The third kappa shape index (κ3) is 5.86. The second-order valence-corrected chi connectivity index (χ2v) is 4.72. The van der Waals surface area contributed by atoms with Gasteiger partial charge in [-0.15, -0.1) is 0 Å². The molecule has 0 unspecified atom stereocenters. The lowest BCUT2D eigenvalue weighted by Crippen LogP contribution is -2.37. The minimum atomic E-state index is 0.549. The Morgan fingerprint density at radius 3 is 2.17 bits per heavy atom. The molecule has 0 fully saturated rings. The Morgan fingerprint density at radius 2 is 1.61 bits per heavy atom. The van der Waals surface area contributed by atoms with E-state index in [4.69, 9.17) is 18.9 Å². The van der Waals surface area contributed by atoms with Crippen LogP contribution in [0.1, 0.15) is 12.0 Å². The Kier molecular flexibility index (Phi) is 8.67. The van der Waals surface area contributed by atoms with E-state index in [0.717, 1.165) is 30.2 Å². The van der Waals surface area contributed by atoms with Gasteiger partial charge in [0.25, 0.3) is 0 Å². The average molecular weight is 325 g/mol. The fraction of sp³-hybridized carbons (Fsp3) is 0.562. The molecule has 1 aromatic carbocycles. The van der Waals surface area contributed by atoms with E-state index in [-0.39, 0.29) is 0 Å². The smallest absolute Gasteiger partial charge is 0.191 e. The first-order chi connectivity index (χ1) is 11.2. The van der Waals surface area contributed by atoms with Gasteiger partial charge in [0.1, 0.15) is 5.75 Å². The van der Waals surface area contributed by atoms with Crippen LogP contribution >= 0.6 is 0 Å². The van der Waals surface area contributed by atoms with E-state index in [9.17, 15) is 0 Å². The minimum Gasteiger partial charge on any atom is -0.496 e. The van der Waals surface area contributed by atoms with Crippen LogP contribution in [-0.4, -0.2) is 54.6 Å². The summed E-state index contributed by atoms with van der Waals surface area (Å²) in [5.41, 5.74) is 0.949. The van der Waals surface area contributed by atoms with Gasteiger partial charge < -0.3 is 29.6 Å². The molecule has 0 spiro atoms. The maximum atomic E-state index is 5.41. The number of hydrogen-bond acceptors (Lipinski definition) is 5. The molecule has 0 aromatic heterocycles. The van der Waals surface area contributed by atoms with Crippen LogP contribution in [0.3, 0.4) is 0 Å². The average Bonchev–Trinajstić information content (AvgIpc) is 2.60. The first kappa shape index (κ1) is 18.9. The van der Waals surface area contributed by atoms with Crippen LogP contribution < -0.4 is 24.8 Å². The standard InChI is InChI=1S/C16H27N3O4/c1-17-16(18-7-6-8-20-2)19-11-12-9-14(22-4)15(23-5)10-13(12)21-3/h9-10H,6-8,11H2,1-5H3,(H2,17,18,19). The number of benzene rings is 1. The molecule has 0 radical (unpaired) electrons. The monoisotopic (exact) mass is 325 g/mol. The molecule has 1 rings (SSSR count). The quantitative estimate of drug-likeness (QED) is 0.406. The van der Waals surface area contributed by atoms with Crippen molar-refractivity contribution < 1.29 is 18.9 Å². The van der Waals surface area contributed by atoms with E-state index in [1.165, 1.54) is 0 Å². The summed E-state index contributed by atoms with van der Waals surface area (Å²) in [5, 5.41) is 6.47. The number of hydrogen-bond donors (Lipinski definition) is 2. The zero-order chi connectivity index (χ0) is 17.1. The third-order valence-electron chi connectivity index (χ3n) is 3.27. The summed E-state index contributed by atoms with van der Waals surface area (Å²) in [6, 6.07) is 3.70. The lowest BCUT2D eigenvalue weighted by molar-refractivity contribution is 0.195. The largest absolute Gasteiger partial charge is 0.496 e. The first-order valence-corrected chi connectivity index (χ1v) is 7.42. The van der Waals surface area contributed by atoms with E-state index >= 15 is 0 Å². The number of nitrogens with zero attached hydrogens (tertiary/aromatic N) is 1. The van der Waals surface area contributed by atoms with Crippen LogP contribution in [-0.2, 0) is 11.3 Å². The lowest BCUT2D eigenvalue weighted by Gasteiger charge is -2.16. The van der Waals surface area contributed by atoms with Crippen molar-refractivity contribution in [2.75, 3.05) is 48.6 Å². The Balaban J connectivity index is 2.71. The molecule has 1 aromatic rings. The van der Waals surface area contributed by atoms with E-state index in [1.54, 1.807) is 35.5 Å². The van der Waals surface area contributed by atoms with Gasteiger partial charge in [-0.3, -0.25) is 4.99 Å². The zero-order valence-electron chi connectivity index (χ0n) is 14.6. The number of ether oxygens (including phenoxy) is 4. The van der Waals surface area contributed by atoms with Gasteiger partial charge in [-0.05, 0) is 12.5 Å². The fourth-order valence-electron chi connectivity index (χ4n) is 2.05. The predicted octanol–water partition coefficient (Wildman–Crippen LogP) is 1.41. The maximum absolute atomic E-state index is 5.41. The van der Waals surface area contributed by atoms with E-state index in [2.05, 4.69) is 15.6 Å². The highest BCUT2D eigenvalue weighted by atomic mass is 16.5. The van der Waals surface area contributed by atoms with Gasteiger partial charge in [0.05, 0.1) is 21.3 Å². The summed E-state index contributed by atoms with van der Waals surface area (Å²) in [5.74, 6) is 2.74. The van der Waals surface area contributed by atoms with Crippen LogP contribution in [0, 0.1) is 0 Å².